The Hall–Kier alpha value is -2.49. The molecule has 0 amide bonds. The van der Waals surface area contributed by atoms with Gasteiger partial charge in [-0.05, 0) is 56.9 Å². The smallest absolute Gasteiger partial charge is 0.392 e. The highest BCUT2D eigenvalue weighted by Gasteiger charge is 2.43. The molecule has 1 unspecified atom stereocenters. The number of Topliss-reactive ketones (excluding diaryl/α,β-unsaturated/α-hetero) is 1. The van der Waals surface area contributed by atoms with Gasteiger partial charge >= 0.3 is 12.1 Å². The average molecular weight is 466 g/mol. The summed E-state index contributed by atoms with van der Waals surface area (Å²) in [6.07, 6.45) is -0.944. The molecule has 1 N–H and O–H groups in total. The van der Waals surface area contributed by atoms with Gasteiger partial charge in [-0.1, -0.05) is 5.16 Å². The summed E-state index contributed by atoms with van der Waals surface area (Å²) in [4.78, 5) is 30.2. The van der Waals surface area contributed by atoms with E-state index < -0.39 is 18.1 Å². The first-order valence-electron chi connectivity index (χ1n) is 10.7. The molecule has 2 aromatic heterocycles. The van der Waals surface area contributed by atoms with Crippen molar-refractivity contribution in [3.63, 3.8) is 0 Å². The summed E-state index contributed by atoms with van der Waals surface area (Å²) in [5.41, 5.74) is 1.79. The molecule has 0 spiro atoms. The molecule has 2 aromatic rings. The summed E-state index contributed by atoms with van der Waals surface area (Å²) in [6.45, 7) is 0. The number of carboxylic acid groups (broad SMARTS) is 1. The third-order valence-electron chi connectivity index (χ3n) is 6.53. The number of alkyl halides is 3. The van der Waals surface area contributed by atoms with Crippen molar-refractivity contribution in [3.05, 3.63) is 32.3 Å². The van der Waals surface area contributed by atoms with Crippen LogP contribution in [-0.2, 0) is 28.9 Å². The van der Waals surface area contributed by atoms with Crippen LogP contribution in [0.15, 0.2) is 15.7 Å². The van der Waals surface area contributed by atoms with Crippen LogP contribution in [0.25, 0.3) is 11.5 Å². The number of carbonyl (C=O) groups is 2. The van der Waals surface area contributed by atoms with Crippen molar-refractivity contribution in [2.75, 3.05) is 0 Å². The van der Waals surface area contributed by atoms with E-state index in [2.05, 4.69) is 10.1 Å². The number of hydrogen-bond acceptors (Lipinski definition) is 6. The molecule has 1 atom stereocenters. The number of nitrogens with zero attached hydrogens (tertiary/aromatic N) is 2. The Labute approximate surface area is 185 Å². The van der Waals surface area contributed by atoms with E-state index in [1.807, 2.05) is 0 Å². The number of fused-ring (bicyclic) bond motifs is 1. The Bertz CT molecular complexity index is 1130. The fourth-order valence-corrected chi connectivity index (χ4v) is 6.10. The number of aliphatic carboxylic acids is 1. The van der Waals surface area contributed by atoms with Crippen LogP contribution in [0.1, 0.15) is 65.6 Å². The van der Waals surface area contributed by atoms with Gasteiger partial charge in [-0.3, -0.25) is 4.79 Å². The zero-order valence-corrected chi connectivity index (χ0v) is 17.9. The fourth-order valence-electron chi connectivity index (χ4n) is 4.68. The highest BCUT2D eigenvalue weighted by atomic mass is 32.1. The molecule has 0 bridgehead atoms. The highest BCUT2D eigenvalue weighted by molar-refractivity contribution is 7.12. The molecule has 6 nitrogen and oxygen atoms in total. The van der Waals surface area contributed by atoms with E-state index in [0.717, 1.165) is 18.4 Å². The number of carboxylic acids is 1. The first-order chi connectivity index (χ1) is 15.2. The van der Waals surface area contributed by atoms with Gasteiger partial charge in [0.2, 0.25) is 0 Å². The number of halogens is 3. The predicted octanol–water partition coefficient (Wildman–Crippen LogP) is 5.02. The van der Waals surface area contributed by atoms with E-state index in [4.69, 9.17) is 4.52 Å². The molecule has 5 rings (SSSR count). The number of rotatable bonds is 6. The van der Waals surface area contributed by atoms with Crippen molar-refractivity contribution >= 4 is 23.1 Å². The Morgan fingerprint density at radius 3 is 2.56 bits per heavy atom. The van der Waals surface area contributed by atoms with Crippen LogP contribution in [0.5, 0.6) is 0 Å². The molecule has 32 heavy (non-hydrogen) atoms. The molecule has 2 heterocycles. The fraction of sp³-hybridized carbons (Fsp3) is 0.545. The molecule has 3 aliphatic rings. The largest absolute Gasteiger partial charge is 0.478 e. The van der Waals surface area contributed by atoms with Crippen LogP contribution in [0.4, 0.5) is 13.2 Å². The zero-order valence-electron chi connectivity index (χ0n) is 17.1. The molecule has 170 valence electrons. The molecule has 0 aliphatic heterocycles. The van der Waals surface area contributed by atoms with E-state index in [9.17, 15) is 27.9 Å². The molecular weight excluding hydrogens is 445 g/mol. The van der Waals surface area contributed by atoms with Gasteiger partial charge < -0.3 is 9.63 Å². The van der Waals surface area contributed by atoms with E-state index in [1.54, 1.807) is 0 Å². The second kappa shape index (κ2) is 7.83. The minimum atomic E-state index is -4.27. The van der Waals surface area contributed by atoms with Crippen LogP contribution in [-0.4, -0.2) is 33.2 Å². The van der Waals surface area contributed by atoms with Gasteiger partial charge in [0, 0.05) is 33.2 Å². The SMILES string of the molecule is O=C(O)C1=C(C(=O)Cc2sc3c(c2-c2nc(C4CC4)no2)CCC(C(F)(F)F)C3)CCC1. The van der Waals surface area contributed by atoms with Gasteiger partial charge in [0.1, 0.15) is 0 Å². The van der Waals surface area contributed by atoms with Gasteiger partial charge in [0.05, 0.1) is 11.5 Å². The van der Waals surface area contributed by atoms with Crippen molar-refractivity contribution in [3.8, 4) is 11.5 Å². The Morgan fingerprint density at radius 1 is 1.12 bits per heavy atom. The summed E-state index contributed by atoms with van der Waals surface area (Å²) in [5.74, 6) is -1.71. The van der Waals surface area contributed by atoms with Crippen molar-refractivity contribution in [2.45, 2.75) is 69.9 Å². The number of carbonyl (C=O) groups excluding carboxylic acids is 1. The maximum atomic E-state index is 13.3. The topological polar surface area (TPSA) is 93.3 Å². The number of thiophene rings is 1. The second-order valence-electron chi connectivity index (χ2n) is 8.73. The molecule has 3 aliphatic carbocycles. The van der Waals surface area contributed by atoms with Gasteiger partial charge in [0.15, 0.2) is 11.6 Å². The molecule has 1 fully saturated rings. The number of hydrogen-bond donors (Lipinski definition) is 1. The monoisotopic (exact) mass is 466 g/mol. The first kappa shape index (κ1) is 21.4. The summed E-state index contributed by atoms with van der Waals surface area (Å²) in [5, 5.41) is 13.4. The van der Waals surface area contributed by atoms with E-state index in [0.29, 0.717) is 46.0 Å². The third kappa shape index (κ3) is 3.89. The van der Waals surface area contributed by atoms with Gasteiger partial charge in [-0.2, -0.15) is 18.2 Å². The summed E-state index contributed by atoms with van der Waals surface area (Å²) >= 11 is 1.19. The standard InChI is InChI=1S/C22H21F3N2O4S/c23-22(24,25)11-6-7-14-16(8-11)32-17(9-15(28)12-2-1-3-13(12)21(29)30)18(14)20-26-19(27-31-20)10-4-5-10/h10-11H,1-9H2,(H,29,30). The van der Waals surface area contributed by atoms with Crippen molar-refractivity contribution in [1.82, 2.24) is 10.1 Å². The normalized spacial score (nSPS) is 21.2. The zero-order chi connectivity index (χ0) is 22.6. The maximum absolute atomic E-state index is 13.3. The predicted molar refractivity (Wildman–Crippen MR) is 108 cm³/mol. The Kier molecular flexibility index (Phi) is 5.22. The van der Waals surface area contributed by atoms with Gasteiger partial charge in [-0.25, -0.2) is 4.79 Å². The van der Waals surface area contributed by atoms with Crippen LogP contribution in [0.3, 0.4) is 0 Å². The summed E-state index contributed by atoms with van der Waals surface area (Å²) < 4.78 is 45.5. The summed E-state index contributed by atoms with van der Waals surface area (Å²) in [7, 11) is 0. The third-order valence-corrected chi connectivity index (χ3v) is 7.79. The van der Waals surface area contributed by atoms with E-state index in [1.165, 1.54) is 11.3 Å². The van der Waals surface area contributed by atoms with Crippen LogP contribution >= 0.6 is 11.3 Å². The Morgan fingerprint density at radius 2 is 1.88 bits per heavy atom. The number of ketones is 1. The molecular formula is C22H21F3N2O4S. The molecule has 1 saturated carbocycles. The van der Waals surface area contributed by atoms with Gasteiger partial charge in [0.25, 0.3) is 5.89 Å². The molecule has 0 radical (unpaired) electrons. The van der Waals surface area contributed by atoms with Crippen LogP contribution in [0.2, 0.25) is 0 Å². The second-order valence-corrected chi connectivity index (χ2v) is 9.92. The molecule has 0 saturated heterocycles. The lowest BCUT2D eigenvalue weighted by Crippen LogP contribution is -2.28. The van der Waals surface area contributed by atoms with Crippen molar-refractivity contribution in [2.24, 2.45) is 5.92 Å². The number of aromatic nitrogens is 2. The first-order valence-corrected chi connectivity index (χ1v) is 11.6. The maximum Gasteiger partial charge on any atom is 0.392 e. The van der Waals surface area contributed by atoms with E-state index >= 15 is 0 Å². The minimum Gasteiger partial charge on any atom is -0.478 e. The quantitative estimate of drug-likeness (QED) is 0.643. The lowest BCUT2D eigenvalue weighted by Gasteiger charge is -2.24. The lowest BCUT2D eigenvalue weighted by molar-refractivity contribution is -0.176. The van der Waals surface area contributed by atoms with Crippen molar-refractivity contribution in [1.29, 1.82) is 0 Å². The number of allylic oxidation sites excluding steroid dienone is 1. The van der Waals surface area contributed by atoms with Gasteiger partial charge in [-0.15, -0.1) is 11.3 Å². The van der Waals surface area contributed by atoms with Crippen LogP contribution in [0, 0.1) is 5.92 Å². The minimum absolute atomic E-state index is 0.0223. The van der Waals surface area contributed by atoms with E-state index in [-0.39, 0.29) is 48.8 Å². The van der Waals surface area contributed by atoms with Crippen molar-refractivity contribution < 1.29 is 32.4 Å². The summed E-state index contributed by atoms with van der Waals surface area (Å²) in [6, 6.07) is 0. The Balaban J connectivity index is 1.52. The van der Waals surface area contributed by atoms with Crippen LogP contribution < -0.4 is 0 Å². The molecule has 0 aromatic carbocycles. The highest BCUT2D eigenvalue weighted by Crippen LogP contribution is 2.46. The average Bonchev–Trinajstić information content (AvgIpc) is 3.15. The molecule has 10 heteroatoms. The lowest BCUT2D eigenvalue weighted by atomic mass is 9.86.